The molecule has 0 bridgehead atoms. The van der Waals surface area contributed by atoms with Crippen LogP contribution < -0.4 is 0 Å². The predicted octanol–water partition coefficient (Wildman–Crippen LogP) is 3.91. The van der Waals surface area contributed by atoms with Crippen LogP contribution in [0.5, 0.6) is 0 Å². The van der Waals surface area contributed by atoms with Gasteiger partial charge in [0.05, 0.1) is 16.9 Å². The van der Waals surface area contributed by atoms with Crippen molar-refractivity contribution in [1.82, 2.24) is 9.78 Å². The summed E-state index contributed by atoms with van der Waals surface area (Å²) < 4.78 is 1.87. The minimum Gasteiger partial charge on any atom is -0.384 e. The van der Waals surface area contributed by atoms with Crippen LogP contribution >= 0.6 is 11.6 Å². The van der Waals surface area contributed by atoms with Crippen molar-refractivity contribution in [2.24, 2.45) is 5.92 Å². The van der Waals surface area contributed by atoms with E-state index in [4.69, 9.17) is 11.6 Å². The molecule has 3 nitrogen and oxygen atoms in total. The van der Waals surface area contributed by atoms with E-state index < -0.39 is 5.60 Å². The van der Waals surface area contributed by atoms with Crippen LogP contribution in [0, 0.1) is 5.92 Å². The van der Waals surface area contributed by atoms with Crippen LogP contribution in [-0.4, -0.2) is 14.9 Å². The predicted molar refractivity (Wildman–Crippen MR) is 73.8 cm³/mol. The highest BCUT2D eigenvalue weighted by molar-refractivity contribution is 6.31. The van der Waals surface area contributed by atoms with Crippen molar-refractivity contribution in [1.29, 1.82) is 0 Å². The van der Waals surface area contributed by atoms with Gasteiger partial charge in [-0.3, -0.25) is 4.68 Å². The van der Waals surface area contributed by atoms with Crippen LogP contribution in [0.2, 0.25) is 5.02 Å². The summed E-state index contributed by atoms with van der Waals surface area (Å²) in [6.07, 6.45) is 6.60. The van der Waals surface area contributed by atoms with Crippen molar-refractivity contribution in [2.45, 2.75) is 64.5 Å². The lowest BCUT2D eigenvalue weighted by atomic mass is 9.76. The van der Waals surface area contributed by atoms with Gasteiger partial charge in [0.2, 0.25) is 0 Å². The molecule has 4 heteroatoms. The summed E-state index contributed by atoms with van der Waals surface area (Å²) in [6.45, 7) is 6.35. The molecule has 1 N–H and O–H groups in total. The maximum atomic E-state index is 10.9. The number of aromatic nitrogens is 2. The lowest BCUT2D eigenvalue weighted by Crippen LogP contribution is -2.34. The van der Waals surface area contributed by atoms with Crippen molar-refractivity contribution in [3.05, 3.63) is 16.9 Å². The smallest absolute Gasteiger partial charge is 0.108 e. The summed E-state index contributed by atoms with van der Waals surface area (Å²) in [6, 6.07) is 0.223. The summed E-state index contributed by atoms with van der Waals surface area (Å²) in [7, 11) is 0. The highest BCUT2D eigenvalue weighted by Crippen LogP contribution is 2.43. The summed E-state index contributed by atoms with van der Waals surface area (Å²) in [5, 5.41) is 15.8. The van der Waals surface area contributed by atoms with Gasteiger partial charge < -0.3 is 5.11 Å². The van der Waals surface area contributed by atoms with Crippen LogP contribution in [-0.2, 0) is 5.60 Å². The average Bonchev–Trinajstić information content (AvgIpc) is 2.73. The van der Waals surface area contributed by atoms with Gasteiger partial charge in [0, 0.05) is 6.04 Å². The van der Waals surface area contributed by atoms with Crippen LogP contribution in [0.25, 0.3) is 0 Å². The Labute approximate surface area is 114 Å². The fourth-order valence-corrected chi connectivity index (χ4v) is 3.27. The molecule has 2 rings (SSSR count). The number of aliphatic hydroxyl groups is 1. The first kappa shape index (κ1) is 13.9. The van der Waals surface area contributed by atoms with Crippen LogP contribution in [0.15, 0.2) is 6.20 Å². The van der Waals surface area contributed by atoms with Gasteiger partial charge in [0.15, 0.2) is 0 Å². The normalized spacial score (nSPS) is 28.9. The van der Waals surface area contributed by atoms with E-state index in [-0.39, 0.29) is 6.04 Å². The third-order valence-electron chi connectivity index (χ3n) is 4.19. The van der Waals surface area contributed by atoms with Gasteiger partial charge in [-0.25, -0.2) is 0 Å². The molecule has 102 valence electrons. The van der Waals surface area contributed by atoms with Crippen LogP contribution in [0.3, 0.4) is 0 Å². The molecule has 18 heavy (non-hydrogen) atoms. The Morgan fingerprint density at radius 2 is 2.11 bits per heavy atom. The molecule has 0 saturated heterocycles. The van der Waals surface area contributed by atoms with Gasteiger partial charge in [-0.05, 0) is 45.4 Å². The zero-order valence-electron chi connectivity index (χ0n) is 11.5. The Hall–Kier alpha value is -0.540. The van der Waals surface area contributed by atoms with E-state index in [0.717, 1.165) is 37.3 Å². The molecule has 1 saturated carbocycles. The first-order valence-corrected chi connectivity index (χ1v) is 7.31. The molecule has 1 aliphatic carbocycles. The first-order valence-electron chi connectivity index (χ1n) is 6.93. The molecule has 1 aromatic heterocycles. The number of hydrogen-bond donors (Lipinski definition) is 1. The minimum atomic E-state index is -0.788. The van der Waals surface area contributed by atoms with E-state index in [2.05, 4.69) is 25.9 Å². The van der Waals surface area contributed by atoms with E-state index in [1.165, 1.54) is 6.42 Å². The largest absolute Gasteiger partial charge is 0.384 e. The highest BCUT2D eigenvalue weighted by Gasteiger charge is 2.39. The molecule has 1 aliphatic rings. The van der Waals surface area contributed by atoms with Crippen molar-refractivity contribution in [2.75, 3.05) is 0 Å². The maximum Gasteiger partial charge on any atom is 0.108 e. The van der Waals surface area contributed by atoms with Crippen molar-refractivity contribution < 1.29 is 5.11 Å². The Morgan fingerprint density at radius 1 is 1.50 bits per heavy atom. The standard InChI is InChI=1S/C14H23ClN2O/c1-4-11-5-7-14(18,8-6-11)13-12(15)9-16-17(13)10(2)3/h9-11,18H,4-8H2,1-3H3. The van der Waals surface area contributed by atoms with Gasteiger partial charge >= 0.3 is 0 Å². The molecular formula is C14H23ClN2O. The second-order valence-corrected chi connectivity index (χ2v) is 6.17. The fourth-order valence-electron chi connectivity index (χ4n) is 2.97. The van der Waals surface area contributed by atoms with Gasteiger partial charge in [0.1, 0.15) is 5.60 Å². The summed E-state index contributed by atoms with van der Waals surface area (Å²) in [4.78, 5) is 0. The fraction of sp³-hybridized carbons (Fsp3) is 0.786. The summed E-state index contributed by atoms with van der Waals surface area (Å²) in [5.74, 6) is 0.750. The molecule has 1 aromatic rings. The van der Waals surface area contributed by atoms with E-state index in [1.807, 2.05) is 4.68 Å². The topological polar surface area (TPSA) is 38.1 Å². The Morgan fingerprint density at radius 3 is 2.61 bits per heavy atom. The molecule has 0 unspecified atom stereocenters. The molecule has 1 fully saturated rings. The lowest BCUT2D eigenvalue weighted by molar-refractivity contribution is -0.0228. The maximum absolute atomic E-state index is 10.9. The van der Waals surface area contributed by atoms with Crippen molar-refractivity contribution in [3.8, 4) is 0 Å². The van der Waals surface area contributed by atoms with E-state index in [9.17, 15) is 5.11 Å². The lowest BCUT2D eigenvalue weighted by Gasteiger charge is -2.36. The second kappa shape index (κ2) is 5.22. The Balaban J connectivity index is 2.28. The molecule has 0 aliphatic heterocycles. The minimum absolute atomic E-state index is 0.223. The molecule has 0 amide bonds. The second-order valence-electron chi connectivity index (χ2n) is 5.76. The molecule has 0 radical (unpaired) electrons. The zero-order chi connectivity index (χ0) is 13.3. The molecule has 0 spiro atoms. The summed E-state index contributed by atoms with van der Waals surface area (Å²) in [5.41, 5.74) is 0.0255. The van der Waals surface area contributed by atoms with E-state index in [0.29, 0.717) is 5.02 Å². The van der Waals surface area contributed by atoms with E-state index in [1.54, 1.807) is 6.20 Å². The third-order valence-corrected chi connectivity index (χ3v) is 4.47. The Bertz CT molecular complexity index is 406. The number of hydrogen-bond acceptors (Lipinski definition) is 2. The zero-order valence-corrected chi connectivity index (χ0v) is 12.2. The molecule has 0 atom stereocenters. The van der Waals surface area contributed by atoms with Crippen LogP contribution in [0.1, 0.15) is 64.6 Å². The van der Waals surface area contributed by atoms with Crippen molar-refractivity contribution in [3.63, 3.8) is 0 Å². The van der Waals surface area contributed by atoms with Crippen LogP contribution in [0.4, 0.5) is 0 Å². The average molecular weight is 271 g/mol. The molecule has 1 heterocycles. The van der Waals surface area contributed by atoms with E-state index >= 15 is 0 Å². The quantitative estimate of drug-likeness (QED) is 0.904. The highest BCUT2D eigenvalue weighted by atomic mass is 35.5. The van der Waals surface area contributed by atoms with Gasteiger partial charge in [-0.15, -0.1) is 0 Å². The van der Waals surface area contributed by atoms with Crippen molar-refractivity contribution >= 4 is 11.6 Å². The van der Waals surface area contributed by atoms with Gasteiger partial charge in [-0.2, -0.15) is 5.10 Å². The summed E-state index contributed by atoms with van der Waals surface area (Å²) >= 11 is 6.24. The number of halogens is 1. The van der Waals surface area contributed by atoms with Gasteiger partial charge in [0.25, 0.3) is 0 Å². The number of nitrogens with zero attached hydrogens (tertiary/aromatic N) is 2. The number of rotatable bonds is 3. The SMILES string of the molecule is CCC1CCC(O)(c2c(Cl)cnn2C(C)C)CC1. The molecule has 0 aromatic carbocycles. The third kappa shape index (κ3) is 2.43. The monoisotopic (exact) mass is 270 g/mol. The first-order chi connectivity index (χ1) is 8.48. The molecular weight excluding hydrogens is 248 g/mol. The van der Waals surface area contributed by atoms with Gasteiger partial charge in [-0.1, -0.05) is 24.9 Å². The Kier molecular flexibility index (Phi) is 4.02.